The summed E-state index contributed by atoms with van der Waals surface area (Å²) in [6, 6.07) is 19.7. The number of hydrogen-bond donors (Lipinski definition) is 1. The number of hydrogen-bond acceptors (Lipinski definition) is 5. The molecule has 0 saturated heterocycles. The third kappa shape index (κ3) is 5.26. The van der Waals surface area contributed by atoms with Crippen LogP contribution in [0.15, 0.2) is 60.7 Å². The van der Waals surface area contributed by atoms with Crippen LogP contribution >= 0.6 is 11.6 Å². The largest absolute Gasteiger partial charge is 0.465 e. The van der Waals surface area contributed by atoms with Gasteiger partial charge in [-0.15, -0.1) is 0 Å². The van der Waals surface area contributed by atoms with E-state index in [1.54, 1.807) is 36.4 Å². The molecule has 1 amide bonds. The highest BCUT2D eigenvalue weighted by atomic mass is 35.5. The van der Waals surface area contributed by atoms with E-state index in [0.717, 1.165) is 16.8 Å². The van der Waals surface area contributed by atoms with E-state index in [9.17, 15) is 9.59 Å². The van der Waals surface area contributed by atoms with Gasteiger partial charge in [0.25, 0.3) is 0 Å². The summed E-state index contributed by atoms with van der Waals surface area (Å²) in [6.45, 7) is 0. The SMILES string of the molecule is COC(=O)c1cc(-c2ccc(N(C)C)cc2)c(Cl)cc1NC(=O)Cc1ccc(C#N)cc1. The molecule has 0 aliphatic rings. The van der Waals surface area contributed by atoms with Crippen LogP contribution in [0.25, 0.3) is 11.1 Å². The molecule has 3 aromatic rings. The van der Waals surface area contributed by atoms with Crippen LogP contribution in [0, 0.1) is 11.3 Å². The smallest absolute Gasteiger partial charge is 0.339 e. The number of nitrogens with one attached hydrogen (secondary N) is 1. The molecule has 0 spiro atoms. The van der Waals surface area contributed by atoms with Crippen molar-refractivity contribution in [1.82, 2.24) is 0 Å². The minimum atomic E-state index is -0.582. The van der Waals surface area contributed by atoms with Gasteiger partial charge in [-0.3, -0.25) is 4.79 Å². The van der Waals surface area contributed by atoms with Gasteiger partial charge in [0, 0.05) is 25.3 Å². The summed E-state index contributed by atoms with van der Waals surface area (Å²) >= 11 is 6.52. The lowest BCUT2D eigenvalue weighted by Gasteiger charge is -2.15. The van der Waals surface area contributed by atoms with Gasteiger partial charge < -0.3 is 15.0 Å². The maximum atomic E-state index is 12.6. The van der Waals surface area contributed by atoms with Crippen molar-refractivity contribution >= 4 is 34.9 Å². The molecule has 6 nitrogen and oxygen atoms in total. The molecule has 0 unspecified atom stereocenters. The quantitative estimate of drug-likeness (QED) is 0.543. The van der Waals surface area contributed by atoms with E-state index in [4.69, 9.17) is 21.6 Å². The number of halogens is 1. The van der Waals surface area contributed by atoms with Gasteiger partial charge >= 0.3 is 5.97 Å². The number of carbonyl (C=O) groups is 2. The zero-order chi connectivity index (χ0) is 23.3. The highest BCUT2D eigenvalue weighted by Gasteiger charge is 2.18. The number of methoxy groups -OCH3 is 1. The lowest BCUT2D eigenvalue weighted by molar-refractivity contribution is -0.115. The average Bonchev–Trinajstić information content (AvgIpc) is 2.79. The van der Waals surface area contributed by atoms with Crippen LogP contribution in [0.2, 0.25) is 5.02 Å². The topological polar surface area (TPSA) is 82.4 Å². The second kappa shape index (κ2) is 9.99. The Morgan fingerprint density at radius 3 is 2.28 bits per heavy atom. The van der Waals surface area contributed by atoms with E-state index < -0.39 is 5.97 Å². The Balaban J connectivity index is 1.89. The van der Waals surface area contributed by atoms with E-state index in [2.05, 4.69) is 5.32 Å². The van der Waals surface area contributed by atoms with E-state index >= 15 is 0 Å². The third-order valence-corrected chi connectivity index (χ3v) is 5.24. The Labute approximate surface area is 192 Å². The van der Waals surface area contributed by atoms with Crippen LogP contribution in [0.5, 0.6) is 0 Å². The normalized spacial score (nSPS) is 10.2. The number of anilines is 2. The van der Waals surface area contributed by atoms with Crippen molar-refractivity contribution in [2.24, 2.45) is 0 Å². The van der Waals surface area contributed by atoms with Gasteiger partial charge in [-0.05, 0) is 47.5 Å². The maximum absolute atomic E-state index is 12.6. The standard InChI is InChI=1S/C25H22ClN3O3/c1-29(2)19-10-8-18(9-11-19)20-13-21(25(31)32-3)23(14-22(20)26)28-24(30)12-16-4-6-17(15-27)7-5-16/h4-11,13-14H,12H2,1-3H3,(H,28,30). The molecule has 0 aliphatic carbocycles. The number of rotatable bonds is 6. The maximum Gasteiger partial charge on any atom is 0.339 e. The van der Waals surface area contributed by atoms with E-state index in [-0.39, 0.29) is 23.6 Å². The molecule has 32 heavy (non-hydrogen) atoms. The first-order valence-electron chi connectivity index (χ1n) is 9.81. The predicted octanol–water partition coefficient (Wildman–Crippen LogP) is 4.91. The van der Waals surface area contributed by atoms with E-state index in [1.165, 1.54) is 7.11 Å². The number of esters is 1. The number of nitriles is 1. The lowest BCUT2D eigenvalue weighted by Crippen LogP contribution is -2.17. The molecular formula is C25H22ClN3O3. The van der Waals surface area contributed by atoms with Gasteiger partial charge in [-0.1, -0.05) is 35.9 Å². The van der Waals surface area contributed by atoms with Crippen molar-refractivity contribution in [2.45, 2.75) is 6.42 Å². The molecule has 0 atom stereocenters. The van der Waals surface area contributed by atoms with Crippen LogP contribution < -0.4 is 10.2 Å². The fourth-order valence-corrected chi connectivity index (χ4v) is 3.47. The molecule has 1 N–H and O–H groups in total. The molecule has 0 bridgehead atoms. The molecule has 7 heteroatoms. The Kier molecular flexibility index (Phi) is 7.14. The number of amides is 1. The van der Waals surface area contributed by atoms with Crippen molar-refractivity contribution in [3.8, 4) is 17.2 Å². The van der Waals surface area contributed by atoms with Crippen molar-refractivity contribution in [3.63, 3.8) is 0 Å². The summed E-state index contributed by atoms with van der Waals surface area (Å²) in [4.78, 5) is 27.0. The molecule has 0 heterocycles. The highest BCUT2D eigenvalue weighted by Crippen LogP contribution is 2.34. The van der Waals surface area contributed by atoms with Crippen molar-refractivity contribution in [1.29, 1.82) is 5.26 Å². The molecule has 0 aliphatic heterocycles. The molecule has 3 aromatic carbocycles. The monoisotopic (exact) mass is 447 g/mol. The molecule has 0 fully saturated rings. The second-order valence-corrected chi connectivity index (χ2v) is 7.75. The van der Waals surface area contributed by atoms with Gasteiger partial charge in [0.15, 0.2) is 0 Å². The van der Waals surface area contributed by atoms with Gasteiger partial charge in [-0.2, -0.15) is 5.26 Å². The predicted molar refractivity (Wildman–Crippen MR) is 126 cm³/mol. The summed E-state index contributed by atoms with van der Waals surface area (Å²) in [5, 5.41) is 12.0. The first-order chi connectivity index (χ1) is 15.3. The number of carbonyl (C=O) groups excluding carboxylic acids is 2. The third-order valence-electron chi connectivity index (χ3n) is 4.93. The van der Waals surface area contributed by atoms with E-state index in [1.807, 2.05) is 49.3 Å². The van der Waals surface area contributed by atoms with Crippen molar-refractivity contribution in [3.05, 3.63) is 82.4 Å². The van der Waals surface area contributed by atoms with Crippen LogP contribution in [0.3, 0.4) is 0 Å². The summed E-state index contributed by atoms with van der Waals surface area (Å²) in [7, 11) is 5.18. The number of ether oxygens (including phenoxy) is 1. The first kappa shape index (κ1) is 22.9. The Morgan fingerprint density at radius 2 is 1.72 bits per heavy atom. The van der Waals surface area contributed by atoms with E-state index in [0.29, 0.717) is 16.1 Å². The van der Waals surface area contributed by atoms with Crippen molar-refractivity contribution < 1.29 is 14.3 Å². The molecule has 3 rings (SSSR count). The van der Waals surface area contributed by atoms with Gasteiger partial charge in [0.05, 0.1) is 41.4 Å². The fourth-order valence-electron chi connectivity index (χ4n) is 3.19. The average molecular weight is 448 g/mol. The molecule has 0 radical (unpaired) electrons. The fraction of sp³-hybridized carbons (Fsp3) is 0.160. The Bertz CT molecular complexity index is 1180. The van der Waals surface area contributed by atoms with Crippen LogP contribution in [-0.2, 0) is 16.0 Å². The molecular weight excluding hydrogens is 426 g/mol. The Morgan fingerprint density at radius 1 is 1.06 bits per heavy atom. The molecule has 0 aromatic heterocycles. The van der Waals surface area contributed by atoms with Gasteiger partial charge in [0.1, 0.15) is 0 Å². The van der Waals surface area contributed by atoms with Gasteiger partial charge in [0.2, 0.25) is 5.91 Å². The van der Waals surface area contributed by atoms with Crippen LogP contribution in [-0.4, -0.2) is 33.1 Å². The van der Waals surface area contributed by atoms with Crippen LogP contribution in [0.1, 0.15) is 21.5 Å². The number of benzene rings is 3. The Hall–Kier alpha value is -3.82. The number of nitrogens with zero attached hydrogens (tertiary/aromatic N) is 2. The zero-order valence-electron chi connectivity index (χ0n) is 18.0. The summed E-state index contributed by atoms with van der Waals surface area (Å²) < 4.78 is 4.91. The first-order valence-corrected chi connectivity index (χ1v) is 10.2. The highest BCUT2D eigenvalue weighted by molar-refractivity contribution is 6.34. The summed E-state index contributed by atoms with van der Waals surface area (Å²) in [5.74, 6) is -0.902. The van der Waals surface area contributed by atoms with Crippen molar-refractivity contribution in [2.75, 3.05) is 31.4 Å². The van der Waals surface area contributed by atoms with Crippen LogP contribution in [0.4, 0.5) is 11.4 Å². The summed E-state index contributed by atoms with van der Waals surface area (Å²) in [6.07, 6.45) is 0.0810. The summed E-state index contributed by atoms with van der Waals surface area (Å²) in [5.41, 5.74) is 4.26. The second-order valence-electron chi connectivity index (χ2n) is 7.34. The molecule has 0 saturated carbocycles. The zero-order valence-corrected chi connectivity index (χ0v) is 18.7. The lowest BCUT2D eigenvalue weighted by atomic mass is 10.0. The molecule has 162 valence electrons. The van der Waals surface area contributed by atoms with Gasteiger partial charge in [-0.25, -0.2) is 4.79 Å². The minimum absolute atomic E-state index is 0.0810. The minimum Gasteiger partial charge on any atom is -0.465 e.